The van der Waals surface area contributed by atoms with Crippen LogP contribution in [0.25, 0.3) is 10.8 Å². The molecule has 0 aliphatic heterocycles. The Labute approximate surface area is 141 Å². The van der Waals surface area contributed by atoms with Crippen LogP contribution in [0.4, 0.5) is 0 Å². The molecular formula is C15H23ClN4OS. The number of hydrogen-bond donors (Lipinski definition) is 1. The molecule has 22 heavy (non-hydrogen) atoms. The molecule has 1 aliphatic rings. The van der Waals surface area contributed by atoms with Gasteiger partial charge in [-0.15, -0.1) is 23.7 Å². The van der Waals surface area contributed by atoms with Crippen molar-refractivity contribution in [3.63, 3.8) is 0 Å². The molecular weight excluding hydrogens is 320 g/mol. The third-order valence-electron chi connectivity index (χ3n) is 4.00. The van der Waals surface area contributed by atoms with E-state index in [2.05, 4.69) is 35.9 Å². The molecule has 7 heteroatoms. The summed E-state index contributed by atoms with van der Waals surface area (Å²) in [5, 5.41) is 5.21. The van der Waals surface area contributed by atoms with Crippen molar-refractivity contribution in [3.05, 3.63) is 16.5 Å². The normalized spacial score (nSPS) is 17.5. The van der Waals surface area contributed by atoms with Gasteiger partial charge in [0, 0.05) is 5.41 Å². The lowest BCUT2D eigenvalue weighted by Crippen LogP contribution is -2.34. The van der Waals surface area contributed by atoms with E-state index in [4.69, 9.17) is 10.3 Å². The molecule has 1 fully saturated rings. The Morgan fingerprint density at radius 1 is 1.18 bits per heavy atom. The first-order chi connectivity index (χ1) is 9.79. The van der Waals surface area contributed by atoms with E-state index in [0.29, 0.717) is 11.7 Å². The van der Waals surface area contributed by atoms with Gasteiger partial charge in [-0.3, -0.25) is 0 Å². The van der Waals surface area contributed by atoms with E-state index in [-0.39, 0.29) is 17.8 Å². The molecule has 2 aromatic rings. The zero-order valence-corrected chi connectivity index (χ0v) is 15.1. The Hall–Kier alpha value is -0.980. The lowest BCUT2D eigenvalue weighted by molar-refractivity contribution is 0.373. The zero-order chi connectivity index (χ0) is 15.3. The van der Waals surface area contributed by atoms with E-state index < -0.39 is 5.54 Å². The van der Waals surface area contributed by atoms with Crippen molar-refractivity contribution < 1.29 is 4.52 Å². The molecule has 122 valence electrons. The van der Waals surface area contributed by atoms with E-state index in [1.807, 2.05) is 6.92 Å². The van der Waals surface area contributed by atoms with Crippen LogP contribution in [0.15, 0.2) is 4.52 Å². The highest BCUT2D eigenvalue weighted by molar-refractivity contribution is 7.15. The number of hydrogen-bond acceptors (Lipinski definition) is 6. The van der Waals surface area contributed by atoms with Crippen molar-refractivity contribution in [1.29, 1.82) is 0 Å². The zero-order valence-electron chi connectivity index (χ0n) is 13.5. The number of nitrogens with zero attached hydrogens (tertiary/aromatic N) is 3. The summed E-state index contributed by atoms with van der Waals surface area (Å²) in [5.41, 5.74) is 6.94. The molecule has 0 spiro atoms. The quantitative estimate of drug-likeness (QED) is 0.894. The molecule has 1 saturated carbocycles. The van der Waals surface area contributed by atoms with Gasteiger partial charge in [0.05, 0.1) is 16.2 Å². The maximum atomic E-state index is 6.39. The minimum Gasteiger partial charge on any atom is -0.333 e. The molecule has 2 aromatic heterocycles. The Morgan fingerprint density at radius 2 is 1.82 bits per heavy atom. The first-order valence-electron chi connectivity index (χ1n) is 7.41. The van der Waals surface area contributed by atoms with Crippen LogP contribution in [0, 0.1) is 6.92 Å². The molecule has 2 heterocycles. The highest BCUT2D eigenvalue weighted by Crippen LogP contribution is 2.38. The average Bonchev–Trinajstić information content (AvgIpc) is 3.06. The Kier molecular flexibility index (Phi) is 4.66. The third-order valence-corrected chi connectivity index (χ3v) is 5.57. The molecule has 5 nitrogen and oxygen atoms in total. The lowest BCUT2D eigenvalue weighted by Gasteiger charge is -2.17. The van der Waals surface area contributed by atoms with Gasteiger partial charge in [0.25, 0.3) is 5.89 Å². The largest absolute Gasteiger partial charge is 0.333 e. The van der Waals surface area contributed by atoms with Crippen LogP contribution in [0.1, 0.15) is 63.0 Å². The molecule has 0 unspecified atom stereocenters. The summed E-state index contributed by atoms with van der Waals surface area (Å²) in [6.45, 7) is 8.45. The standard InChI is InChI=1S/C15H22N4OS.ClH/c1-9-10(21-13(17-9)14(2,3)4)11-18-12(19-20-11)15(16)7-5-6-8-15;/h5-8,16H2,1-4H3;1H. The summed E-state index contributed by atoms with van der Waals surface area (Å²) in [6, 6.07) is 0. The summed E-state index contributed by atoms with van der Waals surface area (Å²) in [6.07, 6.45) is 4.13. The van der Waals surface area contributed by atoms with Crippen molar-refractivity contribution >= 4 is 23.7 Å². The number of halogens is 1. The van der Waals surface area contributed by atoms with Crippen LogP contribution in [0.3, 0.4) is 0 Å². The molecule has 0 saturated heterocycles. The monoisotopic (exact) mass is 342 g/mol. The van der Waals surface area contributed by atoms with Crippen LogP contribution in [0.5, 0.6) is 0 Å². The minimum atomic E-state index is -0.410. The first-order valence-corrected chi connectivity index (χ1v) is 8.23. The van der Waals surface area contributed by atoms with Crippen molar-refractivity contribution in [1.82, 2.24) is 15.1 Å². The molecule has 1 aliphatic carbocycles. The van der Waals surface area contributed by atoms with Gasteiger partial charge >= 0.3 is 0 Å². The summed E-state index contributed by atoms with van der Waals surface area (Å²) in [7, 11) is 0. The molecule has 0 radical (unpaired) electrons. The Morgan fingerprint density at radius 3 is 2.36 bits per heavy atom. The highest BCUT2D eigenvalue weighted by atomic mass is 35.5. The van der Waals surface area contributed by atoms with Gasteiger partial charge in [-0.25, -0.2) is 4.98 Å². The van der Waals surface area contributed by atoms with Crippen LogP contribution < -0.4 is 5.73 Å². The van der Waals surface area contributed by atoms with Gasteiger partial charge in [0.1, 0.15) is 4.88 Å². The van der Waals surface area contributed by atoms with Gasteiger partial charge in [-0.1, -0.05) is 38.8 Å². The van der Waals surface area contributed by atoms with Crippen LogP contribution >= 0.6 is 23.7 Å². The van der Waals surface area contributed by atoms with E-state index >= 15 is 0 Å². The lowest BCUT2D eigenvalue weighted by atomic mass is 9.98. The Balaban J connectivity index is 0.00000176. The SMILES string of the molecule is Cc1nc(C(C)(C)C)sc1-c1nc(C2(N)CCCC2)no1.Cl. The fourth-order valence-corrected chi connectivity index (χ4v) is 3.71. The van der Waals surface area contributed by atoms with E-state index in [1.165, 1.54) is 0 Å². The van der Waals surface area contributed by atoms with Gasteiger partial charge in [0.15, 0.2) is 5.82 Å². The smallest absolute Gasteiger partial charge is 0.269 e. The van der Waals surface area contributed by atoms with Gasteiger partial charge < -0.3 is 10.3 Å². The van der Waals surface area contributed by atoms with Crippen molar-refractivity contribution in [3.8, 4) is 10.8 Å². The molecule has 0 aromatic carbocycles. The fraction of sp³-hybridized carbons (Fsp3) is 0.667. The second-order valence-electron chi connectivity index (χ2n) is 6.97. The molecule has 0 bridgehead atoms. The predicted octanol–water partition coefficient (Wildman–Crippen LogP) is 3.95. The number of aryl methyl sites for hydroxylation is 1. The third kappa shape index (κ3) is 3.05. The Bertz CT molecular complexity index is 653. The van der Waals surface area contributed by atoms with Crippen LogP contribution in [0.2, 0.25) is 0 Å². The van der Waals surface area contributed by atoms with E-state index in [1.54, 1.807) is 11.3 Å². The second kappa shape index (κ2) is 5.91. The van der Waals surface area contributed by atoms with Crippen molar-refractivity contribution in [2.24, 2.45) is 5.73 Å². The number of thiazole rings is 1. The second-order valence-corrected chi connectivity index (χ2v) is 7.97. The summed E-state index contributed by atoms with van der Waals surface area (Å²) < 4.78 is 5.46. The van der Waals surface area contributed by atoms with Crippen LogP contribution in [-0.4, -0.2) is 15.1 Å². The molecule has 3 rings (SSSR count). The van der Waals surface area contributed by atoms with Crippen LogP contribution in [-0.2, 0) is 11.0 Å². The maximum Gasteiger partial charge on any atom is 0.269 e. The molecule has 0 atom stereocenters. The number of aromatic nitrogens is 3. The van der Waals surface area contributed by atoms with Gasteiger partial charge in [0.2, 0.25) is 0 Å². The van der Waals surface area contributed by atoms with E-state index in [0.717, 1.165) is 41.3 Å². The number of rotatable bonds is 2. The van der Waals surface area contributed by atoms with E-state index in [9.17, 15) is 0 Å². The summed E-state index contributed by atoms with van der Waals surface area (Å²) in [5.74, 6) is 1.19. The summed E-state index contributed by atoms with van der Waals surface area (Å²) in [4.78, 5) is 10.2. The maximum absolute atomic E-state index is 6.39. The first kappa shape index (κ1) is 17.4. The van der Waals surface area contributed by atoms with Gasteiger partial charge in [-0.2, -0.15) is 4.98 Å². The highest BCUT2D eigenvalue weighted by Gasteiger charge is 2.36. The molecule has 0 amide bonds. The fourth-order valence-electron chi connectivity index (χ4n) is 2.66. The van der Waals surface area contributed by atoms with Crippen molar-refractivity contribution in [2.75, 3.05) is 0 Å². The topological polar surface area (TPSA) is 77.8 Å². The molecule has 2 N–H and O–H groups in total. The van der Waals surface area contributed by atoms with Gasteiger partial charge in [-0.05, 0) is 19.8 Å². The number of nitrogens with two attached hydrogens (primary N) is 1. The minimum absolute atomic E-state index is 0. The summed E-state index contributed by atoms with van der Waals surface area (Å²) >= 11 is 1.63. The predicted molar refractivity (Wildman–Crippen MR) is 90.4 cm³/mol. The van der Waals surface area contributed by atoms with Crippen molar-refractivity contribution in [2.45, 2.75) is 64.3 Å². The average molecular weight is 343 g/mol.